The molecule has 1 aliphatic rings. The Bertz CT molecular complexity index is 815. The molecule has 1 aromatic carbocycles. The summed E-state index contributed by atoms with van der Waals surface area (Å²) in [4.78, 5) is 29.1. The first-order valence-corrected chi connectivity index (χ1v) is 8.36. The van der Waals surface area contributed by atoms with Crippen molar-refractivity contribution in [1.29, 1.82) is 0 Å². The Morgan fingerprint density at radius 2 is 1.92 bits per heavy atom. The van der Waals surface area contributed by atoms with Gasteiger partial charge in [0.05, 0.1) is 25.8 Å². The number of ether oxygens (including phenoxy) is 2. The number of hydrogen-bond donors (Lipinski definition) is 1. The summed E-state index contributed by atoms with van der Waals surface area (Å²) in [6, 6.07) is 9.02. The first-order chi connectivity index (χ1) is 12.2. The molecule has 0 bridgehead atoms. The van der Waals surface area contributed by atoms with Gasteiger partial charge in [0.1, 0.15) is 11.5 Å². The molecule has 25 heavy (non-hydrogen) atoms. The number of amides is 1. The second kappa shape index (κ2) is 7.42. The predicted octanol–water partition coefficient (Wildman–Crippen LogP) is 2.76. The zero-order valence-corrected chi connectivity index (χ0v) is 14.5. The number of likely N-dealkylation sites (tertiary alicyclic amines) is 1. The number of aromatic nitrogens is 1. The minimum absolute atomic E-state index is 0.0611. The first-order valence-electron chi connectivity index (χ1n) is 8.36. The van der Waals surface area contributed by atoms with E-state index in [0.29, 0.717) is 12.1 Å². The number of hydrogen-bond acceptors (Lipinski definition) is 4. The lowest BCUT2D eigenvalue weighted by Gasteiger charge is -2.36. The molecule has 1 saturated heterocycles. The molecule has 1 unspecified atom stereocenters. The molecule has 2 heterocycles. The van der Waals surface area contributed by atoms with Crippen LogP contribution in [-0.2, 0) is 0 Å². The number of nitrogens with zero attached hydrogens (tertiary/aromatic N) is 1. The Morgan fingerprint density at radius 3 is 2.68 bits per heavy atom. The predicted molar refractivity (Wildman–Crippen MR) is 94.2 cm³/mol. The monoisotopic (exact) mass is 342 g/mol. The summed E-state index contributed by atoms with van der Waals surface area (Å²) < 4.78 is 10.7. The first kappa shape index (κ1) is 17.1. The van der Waals surface area contributed by atoms with Gasteiger partial charge >= 0.3 is 0 Å². The van der Waals surface area contributed by atoms with Crippen LogP contribution in [0.25, 0.3) is 0 Å². The van der Waals surface area contributed by atoms with Gasteiger partial charge in [-0.3, -0.25) is 9.59 Å². The molecule has 1 fully saturated rings. The fraction of sp³-hybridized carbons (Fsp3) is 0.368. The number of para-hydroxylation sites is 1. The van der Waals surface area contributed by atoms with Gasteiger partial charge in [-0.25, -0.2) is 0 Å². The van der Waals surface area contributed by atoms with Crippen molar-refractivity contribution in [2.45, 2.75) is 25.3 Å². The van der Waals surface area contributed by atoms with Crippen LogP contribution < -0.4 is 15.0 Å². The number of nitrogens with one attached hydrogen (secondary N) is 1. The van der Waals surface area contributed by atoms with E-state index in [4.69, 9.17) is 9.47 Å². The van der Waals surface area contributed by atoms with Crippen LogP contribution in [0.5, 0.6) is 11.5 Å². The average Bonchev–Trinajstić information content (AvgIpc) is 2.67. The highest BCUT2D eigenvalue weighted by molar-refractivity contribution is 5.97. The number of carbonyl (C=O) groups is 1. The van der Waals surface area contributed by atoms with Crippen LogP contribution in [0.2, 0.25) is 0 Å². The number of benzene rings is 1. The Hall–Kier alpha value is -2.76. The number of rotatable bonds is 4. The van der Waals surface area contributed by atoms with Crippen molar-refractivity contribution in [2.75, 3.05) is 20.8 Å². The van der Waals surface area contributed by atoms with Gasteiger partial charge in [-0.2, -0.15) is 0 Å². The van der Waals surface area contributed by atoms with Gasteiger partial charge in [0.25, 0.3) is 11.5 Å². The number of carbonyl (C=O) groups excluding carboxylic acids is 1. The lowest BCUT2D eigenvalue weighted by Crippen LogP contribution is -2.39. The quantitative estimate of drug-likeness (QED) is 0.927. The van der Waals surface area contributed by atoms with E-state index in [0.717, 1.165) is 30.6 Å². The molecular weight excluding hydrogens is 320 g/mol. The fourth-order valence-corrected chi connectivity index (χ4v) is 3.38. The standard InChI is InChI=1S/C19H22N2O4/c1-24-16-9-4-3-7-13(16)15-8-5-6-10-21(15)19(23)14-12-20-18(22)11-17(14)25-2/h3-4,7,9,11-12,15H,5-6,8,10H2,1-2H3,(H,20,22). The Labute approximate surface area is 146 Å². The summed E-state index contributed by atoms with van der Waals surface area (Å²) in [6.07, 6.45) is 4.30. The third-order valence-electron chi connectivity index (χ3n) is 4.60. The molecule has 1 aromatic heterocycles. The highest BCUT2D eigenvalue weighted by atomic mass is 16.5. The Kier molecular flexibility index (Phi) is 5.07. The molecule has 1 amide bonds. The number of aromatic amines is 1. The van der Waals surface area contributed by atoms with Gasteiger partial charge in [0, 0.05) is 24.4 Å². The maximum absolute atomic E-state index is 13.2. The highest BCUT2D eigenvalue weighted by Gasteiger charge is 2.31. The smallest absolute Gasteiger partial charge is 0.259 e. The molecule has 1 N–H and O–H groups in total. The third kappa shape index (κ3) is 3.38. The van der Waals surface area contributed by atoms with Crippen LogP contribution >= 0.6 is 0 Å². The molecular formula is C19H22N2O4. The van der Waals surface area contributed by atoms with Gasteiger partial charge in [-0.05, 0) is 25.3 Å². The van der Waals surface area contributed by atoms with Gasteiger partial charge in [-0.1, -0.05) is 18.2 Å². The Morgan fingerprint density at radius 1 is 1.16 bits per heavy atom. The van der Waals surface area contributed by atoms with Crippen molar-refractivity contribution in [2.24, 2.45) is 0 Å². The molecule has 6 heteroatoms. The Balaban J connectivity index is 1.99. The van der Waals surface area contributed by atoms with Crippen molar-refractivity contribution in [3.8, 4) is 11.5 Å². The minimum Gasteiger partial charge on any atom is -0.496 e. The van der Waals surface area contributed by atoms with Gasteiger partial charge in [0.2, 0.25) is 0 Å². The molecule has 3 rings (SSSR count). The molecule has 0 saturated carbocycles. The molecule has 0 spiro atoms. The SMILES string of the molecule is COc1cc(=O)[nH]cc1C(=O)N1CCCCC1c1ccccc1OC. The van der Waals surface area contributed by atoms with Crippen molar-refractivity contribution in [3.63, 3.8) is 0 Å². The molecule has 0 aliphatic carbocycles. The average molecular weight is 342 g/mol. The summed E-state index contributed by atoms with van der Waals surface area (Å²) in [7, 11) is 3.10. The third-order valence-corrected chi connectivity index (χ3v) is 4.60. The largest absolute Gasteiger partial charge is 0.496 e. The topological polar surface area (TPSA) is 71.6 Å². The van der Waals surface area contributed by atoms with Crippen molar-refractivity contribution in [3.05, 3.63) is 58.0 Å². The van der Waals surface area contributed by atoms with Crippen molar-refractivity contribution < 1.29 is 14.3 Å². The number of H-pyrrole nitrogens is 1. The van der Waals surface area contributed by atoms with Crippen LogP contribution in [0.4, 0.5) is 0 Å². The summed E-state index contributed by atoms with van der Waals surface area (Å²) in [6.45, 7) is 0.657. The van der Waals surface area contributed by atoms with Gasteiger partial charge in [-0.15, -0.1) is 0 Å². The molecule has 1 atom stereocenters. The molecule has 2 aromatic rings. The van der Waals surface area contributed by atoms with Crippen LogP contribution in [0.15, 0.2) is 41.3 Å². The van der Waals surface area contributed by atoms with E-state index in [2.05, 4.69) is 4.98 Å². The normalized spacial score (nSPS) is 17.2. The molecule has 6 nitrogen and oxygen atoms in total. The lowest BCUT2D eigenvalue weighted by atomic mass is 9.93. The number of pyridine rings is 1. The summed E-state index contributed by atoms with van der Waals surface area (Å²) >= 11 is 0. The zero-order chi connectivity index (χ0) is 17.8. The second-order valence-electron chi connectivity index (χ2n) is 6.03. The van der Waals surface area contributed by atoms with E-state index >= 15 is 0 Å². The van der Waals surface area contributed by atoms with E-state index < -0.39 is 0 Å². The maximum atomic E-state index is 13.2. The number of methoxy groups -OCH3 is 2. The second-order valence-corrected chi connectivity index (χ2v) is 6.03. The van der Waals surface area contributed by atoms with Crippen molar-refractivity contribution in [1.82, 2.24) is 9.88 Å². The van der Waals surface area contributed by atoms with E-state index in [1.54, 1.807) is 7.11 Å². The minimum atomic E-state index is -0.298. The lowest BCUT2D eigenvalue weighted by molar-refractivity contribution is 0.0604. The summed E-state index contributed by atoms with van der Waals surface area (Å²) in [5.74, 6) is 0.919. The fourth-order valence-electron chi connectivity index (χ4n) is 3.38. The van der Waals surface area contributed by atoms with Crippen molar-refractivity contribution >= 4 is 5.91 Å². The van der Waals surface area contributed by atoms with E-state index in [1.807, 2.05) is 29.2 Å². The van der Waals surface area contributed by atoms with Gasteiger partial charge in [0.15, 0.2) is 0 Å². The molecule has 1 aliphatic heterocycles. The number of piperidine rings is 1. The summed E-state index contributed by atoms with van der Waals surface area (Å²) in [5.41, 5.74) is 1.07. The van der Waals surface area contributed by atoms with Crippen LogP contribution in [0, 0.1) is 0 Å². The highest BCUT2D eigenvalue weighted by Crippen LogP contribution is 2.37. The zero-order valence-electron chi connectivity index (χ0n) is 14.5. The molecule has 132 valence electrons. The van der Waals surface area contributed by atoms with Gasteiger partial charge < -0.3 is 19.4 Å². The molecule has 0 radical (unpaired) electrons. The van der Waals surface area contributed by atoms with E-state index in [9.17, 15) is 9.59 Å². The van der Waals surface area contributed by atoms with E-state index in [-0.39, 0.29) is 23.3 Å². The van der Waals surface area contributed by atoms with Crippen LogP contribution in [0.3, 0.4) is 0 Å². The summed E-state index contributed by atoms with van der Waals surface area (Å²) in [5, 5.41) is 0. The van der Waals surface area contributed by atoms with Crippen LogP contribution in [-0.4, -0.2) is 36.6 Å². The van der Waals surface area contributed by atoms with E-state index in [1.165, 1.54) is 19.4 Å². The van der Waals surface area contributed by atoms with Crippen LogP contribution in [0.1, 0.15) is 41.2 Å². The maximum Gasteiger partial charge on any atom is 0.259 e.